The van der Waals surface area contributed by atoms with E-state index >= 15 is 0 Å². The van der Waals surface area contributed by atoms with Crippen LogP contribution >= 0.6 is 22.7 Å². The summed E-state index contributed by atoms with van der Waals surface area (Å²) in [5, 5.41) is 4.99. The lowest BCUT2D eigenvalue weighted by Gasteiger charge is -2.08. The number of benzene rings is 1. The molecule has 0 saturated heterocycles. The molecule has 140 valence electrons. The monoisotopic (exact) mass is 402 g/mol. The number of thiazole rings is 1. The minimum absolute atomic E-state index is 0.209. The molecule has 3 aromatic rings. The highest BCUT2D eigenvalue weighted by atomic mass is 32.1. The average molecular weight is 402 g/mol. The number of esters is 1. The van der Waals surface area contributed by atoms with Crippen molar-refractivity contribution in [3.8, 4) is 11.1 Å². The smallest absolute Gasteiger partial charge is 0.341 e. The molecule has 0 saturated carbocycles. The third kappa shape index (κ3) is 3.72. The van der Waals surface area contributed by atoms with E-state index in [2.05, 4.69) is 5.32 Å². The molecule has 0 aliphatic heterocycles. The second-order valence-corrected chi connectivity index (χ2v) is 7.58. The molecule has 0 atom stereocenters. The number of anilines is 1. The molecule has 1 aromatic carbocycles. The van der Waals surface area contributed by atoms with Crippen molar-refractivity contribution < 1.29 is 14.3 Å². The third-order valence-corrected chi connectivity index (χ3v) is 6.11. The Morgan fingerprint density at radius 3 is 2.52 bits per heavy atom. The van der Waals surface area contributed by atoms with Gasteiger partial charge in [-0.15, -0.1) is 11.3 Å². The topological polar surface area (TPSA) is 77.4 Å². The lowest BCUT2D eigenvalue weighted by molar-refractivity contribution is 0.0529. The second kappa shape index (κ2) is 7.89. The molecule has 0 aliphatic rings. The number of hydrogen-bond acceptors (Lipinski definition) is 6. The van der Waals surface area contributed by atoms with Crippen LogP contribution in [-0.2, 0) is 11.8 Å². The maximum atomic E-state index is 12.7. The minimum Gasteiger partial charge on any atom is -0.462 e. The fourth-order valence-electron chi connectivity index (χ4n) is 2.58. The zero-order valence-corrected chi connectivity index (χ0v) is 16.7. The van der Waals surface area contributed by atoms with Crippen LogP contribution in [-0.4, -0.2) is 23.1 Å². The second-order valence-electron chi connectivity index (χ2n) is 5.74. The summed E-state index contributed by atoms with van der Waals surface area (Å²) in [7, 11) is 1.62. The standard InChI is InChI=1S/C19H18N2O4S2/c1-4-25-18(23)14-13(12-8-6-5-7-9-12)10-26-17(14)20-16(22)15-11(2)21(3)19(24)27-15/h5-10H,4H2,1-3H3,(H,20,22). The summed E-state index contributed by atoms with van der Waals surface area (Å²) in [6, 6.07) is 9.44. The first-order valence-corrected chi connectivity index (χ1v) is 9.95. The lowest BCUT2D eigenvalue weighted by Crippen LogP contribution is -2.15. The highest BCUT2D eigenvalue weighted by Crippen LogP contribution is 2.36. The first-order valence-electron chi connectivity index (χ1n) is 8.25. The van der Waals surface area contributed by atoms with Crippen LogP contribution in [0.5, 0.6) is 0 Å². The maximum Gasteiger partial charge on any atom is 0.341 e. The Balaban J connectivity index is 2.01. The predicted molar refractivity (Wildman–Crippen MR) is 108 cm³/mol. The predicted octanol–water partition coefficient (Wildman–Crippen LogP) is 3.91. The summed E-state index contributed by atoms with van der Waals surface area (Å²) >= 11 is 2.13. The number of aromatic nitrogens is 1. The van der Waals surface area contributed by atoms with Crippen molar-refractivity contribution >= 4 is 39.6 Å². The van der Waals surface area contributed by atoms with Crippen LogP contribution in [0.25, 0.3) is 11.1 Å². The Hall–Kier alpha value is -2.71. The van der Waals surface area contributed by atoms with E-state index in [1.807, 2.05) is 35.7 Å². The zero-order valence-electron chi connectivity index (χ0n) is 15.1. The first-order chi connectivity index (χ1) is 12.9. The van der Waals surface area contributed by atoms with Crippen LogP contribution in [0, 0.1) is 6.92 Å². The molecule has 27 heavy (non-hydrogen) atoms. The molecule has 0 unspecified atom stereocenters. The van der Waals surface area contributed by atoms with Crippen molar-refractivity contribution in [1.29, 1.82) is 0 Å². The van der Waals surface area contributed by atoms with Gasteiger partial charge in [0.15, 0.2) is 0 Å². The number of carbonyl (C=O) groups is 2. The van der Waals surface area contributed by atoms with Crippen LogP contribution in [0.3, 0.4) is 0 Å². The van der Waals surface area contributed by atoms with Crippen molar-refractivity contribution in [2.45, 2.75) is 13.8 Å². The van der Waals surface area contributed by atoms with Gasteiger partial charge in [0.25, 0.3) is 5.91 Å². The molecule has 0 aliphatic carbocycles. The third-order valence-electron chi connectivity index (χ3n) is 4.08. The van der Waals surface area contributed by atoms with Crippen LogP contribution in [0.4, 0.5) is 5.00 Å². The number of amides is 1. The van der Waals surface area contributed by atoms with Gasteiger partial charge in [0.1, 0.15) is 15.4 Å². The molecule has 2 heterocycles. The summed E-state index contributed by atoms with van der Waals surface area (Å²) < 4.78 is 6.61. The summed E-state index contributed by atoms with van der Waals surface area (Å²) in [6.45, 7) is 3.67. The Kier molecular flexibility index (Phi) is 5.57. The lowest BCUT2D eigenvalue weighted by atomic mass is 10.0. The van der Waals surface area contributed by atoms with Gasteiger partial charge >= 0.3 is 10.8 Å². The van der Waals surface area contributed by atoms with Gasteiger partial charge in [0.2, 0.25) is 0 Å². The van der Waals surface area contributed by atoms with Crippen molar-refractivity contribution in [2.75, 3.05) is 11.9 Å². The number of hydrogen-bond donors (Lipinski definition) is 1. The van der Waals surface area contributed by atoms with Crippen LogP contribution in [0.2, 0.25) is 0 Å². The van der Waals surface area contributed by atoms with Crippen LogP contribution < -0.4 is 10.2 Å². The van der Waals surface area contributed by atoms with E-state index in [4.69, 9.17) is 4.74 Å². The highest BCUT2D eigenvalue weighted by molar-refractivity contribution is 7.15. The van der Waals surface area contributed by atoms with Crippen molar-refractivity contribution in [2.24, 2.45) is 7.05 Å². The van der Waals surface area contributed by atoms with Gasteiger partial charge in [-0.1, -0.05) is 41.7 Å². The maximum absolute atomic E-state index is 12.7. The van der Waals surface area contributed by atoms with E-state index in [1.165, 1.54) is 15.9 Å². The molecule has 6 nitrogen and oxygen atoms in total. The quantitative estimate of drug-likeness (QED) is 0.657. The fourth-order valence-corrected chi connectivity index (χ4v) is 4.40. The summed E-state index contributed by atoms with van der Waals surface area (Å²) in [5.41, 5.74) is 2.47. The van der Waals surface area contributed by atoms with Gasteiger partial charge in [-0.25, -0.2) is 4.79 Å². The normalized spacial score (nSPS) is 10.6. The van der Waals surface area contributed by atoms with E-state index in [1.54, 1.807) is 20.9 Å². The number of rotatable bonds is 5. The van der Waals surface area contributed by atoms with E-state index in [-0.39, 0.29) is 11.5 Å². The van der Waals surface area contributed by atoms with Crippen LogP contribution in [0.1, 0.15) is 32.6 Å². The number of nitrogens with zero attached hydrogens (tertiary/aromatic N) is 1. The SMILES string of the molecule is CCOC(=O)c1c(-c2ccccc2)csc1NC(=O)c1sc(=O)n(C)c1C. The zero-order chi connectivity index (χ0) is 19.6. The van der Waals surface area contributed by atoms with E-state index < -0.39 is 11.9 Å². The van der Waals surface area contributed by atoms with E-state index in [0.29, 0.717) is 26.7 Å². The Morgan fingerprint density at radius 1 is 1.22 bits per heavy atom. The highest BCUT2D eigenvalue weighted by Gasteiger charge is 2.24. The Morgan fingerprint density at radius 2 is 1.93 bits per heavy atom. The summed E-state index contributed by atoms with van der Waals surface area (Å²) in [6.07, 6.45) is 0. The molecule has 0 fully saturated rings. The molecular weight excluding hydrogens is 384 g/mol. The largest absolute Gasteiger partial charge is 0.462 e. The fraction of sp³-hybridized carbons (Fsp3) is 0.211. The van der Waals surface area contributed by atoms with Crippen molar-refractivity contribution in [1.82, 2.24) is 4.57 Å². The Labute approximate surface area is 164 Å². The summed E-state index contributed by atoms with van der Waals surface area (Å²) in [5.74, 6) is -0.909. The molecule has 8 heteroatoms. The molecule has 0 bridgehead atoms. The average Bonchev–Trinajstić information content (AvgIpc) is 3.19. The van der Waals surface area contributed by atoms with Crippen molar-refractivity contribution in [3.05, 3.63) is 61.5 Å². The minimum atomic E-state index is -0.495. The number of nitrogens with one attached hydrogen (secondary N) is 1. The molecule has 2 aromatic heterocycles. The number of thiophene rings is 1. The number of ether oxygens (including phenoxy) is 1. The van der Waals surface area contributed by atoms with Crippen LogP contribution in [0.15, 0.2) is 40.5 Å². The molecule has 1 N–H and O–H groups in total. The molecule has 0 radical (unpaired) electrons. The van der Waals surface area contributed by atoms with Gasteiger partial charge in [0.05, 0.1) is 6.61 Å². The van der Waals surface area contributed by atoms with Crippen molar-refractivity contribution in [3.63, 3.8) is 0 Å². The van der Waals surface area contributed by atoms with Gasteiger partial charge < -0.3 is 14.6 Å². The van der Waals surface area contributed by atoms with Gasteiger partial charge in [-0.3, -0.25) is 9.59 Å². The Bertz CT molecular complexity index is 1050. The number of carbonyl (C=O) groups excluding carboxylic acids is 2. The van der Waals surface area contributed by atoms with Gasteiger partial charge in [0, 0.05) is 23.7 Å². The molecule has 0 spiro atoms. The van der Waals surface area contributed by atoms with E-state index in [9.17, 15) is 14.4 Å². The molecule has 1 amide bonds. The molecular formula is C19H18N2O4S2. The first kappa shape index (κ1) is 19.1. The summed E-state index contributed by atoms with van der Waals surface area (Å²) in [4.78, 5) is 37.1. The van der Waals surface area contributed by atoms with Gasteiger partial charge in [-0.05, 0) is 19.4 Å². The van der Waals surface area contributed by atoms with Gasteiger partial charge in [-0.2, -0.15) is 0 Å². The van der Waals surface area contributed by atoms with E-state index in [0.717, 1.165) is 16.9 Å². The molecule has 3 rings (SSSR count).